The van der Waals surface area contributed by atoms with Crippen LogP contribution in [0.4, 0.5) is 0 Å². The van der Waals surface area contributed by atoms with Crippen LogP contribution in [0.1, 0.15) is 265 Å². The van der Waals surface area contributed by atoms with E-state index < -0.39 is 6.10 Å². The lowest BCUT2D eigenvalue weighted by molar-refractivity contribution is -0.167. The van der Waals surface area contributed by atoms with Gasteiger partial charge in [-0.05, 0) is 38.5 Å². The highest BCUT2D eigenvalue weighted by Gasteiger charge is 2.19. The molecule has 0 amide bonds. The van der Waals surface area contributed by atoms with Gasteiger partial charge in [-0.2, -0.15) is 0 Å². The number of hydrogen-bond donors (Lipinski definition) is 0. The second kappa shape index (κ2) is 46.6. The summed E-state index contributed by atoms with van der Waals surface area (Å²) in [6.07, 6.45) is 51.7. The lowest BCUT2D eigenvalue weighted by atomic mass is 10.0. The van der Waals surface area contributed by atoms with Crippen LogP contribution in [0.25, 0.3) is 0 Å². The largest absolute Gasteiger partial charge is 0.462 e. The molecular formula is C51H94O6. The summed E-state index contributed by atoms with van der Waals surface area (Å²) in [6.45, 7) is 6.57. The maximum atomic E-state index is 12.7. The zero-order valence-electron chi connectivity index (χ0n) is 38.1. The first-order valence-corrected chi connectivity index (χ1v) is 24.9. The molecule has 0 aliphatic rings. The lowest BCUT2D eigenvalue weighted by Crippen LogP contribution is -2.30. The molecule has 6 nitrogen and oxygen atoms in total. The molecule has 0 aliphatic heterocycles. The van der Waals surface area contributed by atoms with E-state index in [0.717, 1.165) is 70.6 Å². The minimum atomic E-state index is -0.777. The average Bonchev–Trinajstić information content (AvgIpc) is 3.21. The SMILES string of the molecule is CCCC/C=C\C=C/CCCCCC(=O)OC(COC(=O)CCCCCCCCCCCC)COC(=O)CCCCCCCCCCCCCCCCCCCC. The molecule has 6 heteroatoms. The predicted molar refractivity (Wildman–Crippen MR) is 243 cm³/mol. The van der Waals surface area contributed by atoms with Gasteiger partial charge in [0.2, 0.25) is 0 Å². The van der Waals surface area contributed by atoms with Gasteiger partial charge in [0, 0.05) is 19.3 Å². The maximum absolute atomic E-state index is 12.7. The van der Waals surface area contributed by atoms with Crippen LogP contribution < -0.4 is 0 Å². The Kier molecular flexibility index (Phi) is 44.9. The van der Waals surface area contributed by atoms with Crippen LogP contribution in [-0.4, -0.2) is 37.2 Å². The Morgan fingerprint density at radius 2 is 0.632 bits per heavy atom. The smallest absolute Gasteiger partial charge is 0.306 e. The fourth-order valence-corrected chi connectivity index (χ4v) is 7.18. The minimum absolute atomic E-state index is 0.0777. The van der Waals surface area contributed by atoms with Gasteiger partial charge < -0.3 is 14.2 Å². The van der Waals surface area contributed by atoms with Crippen LogP contribution in [0.15, 0.2) is 24.3 Å². The van der Waals surface area contributed by atoms with Crippen LogP contribution in [0.5, 0.6) is 0 Å². The average molecular weight is 803 g/mol. The summed E-state index contributed by atoms with van der Waals surface area (Å²) in [5.74, 6) is -0.897. The fraction of sp³-hybridized carbons (Fsp3) is 0.863. The standard InChI is InChI=1S/C51H94O6/c1-4-7-10-13-16-19-22-23-24-25-26-27-28-30-32-35-38-41-44-50(53)56-47-48(46-55-49(52)43-40-37-34-31-21-18-15-12-9-6-3)57-51(54)45-42-39-36-33-29-20-17-14-11-8-5-2/h14,17,20,29,48H,4-13,15-16,18-19,21-28,30-47H2,1-3H3/b17-14-,29-20-. The Morgan fingerprint density at radius 1 is 0.351 bits per heavy atom. The Labute approximate surface area is 353 Å². The van der Waals surface area contributed by atoms with E-state index in [1.54, 1.807) is 0 Å². The first kappa shape index (κ1) is 54.9. The number of rotatable bonds is 45. The molecule has 0 aromatic rings. The second-order valence-corrected chi connectivity index (χ2v) is 16.8. The quantitative estimate of drug-likeness (QED) is 0.0264. The summed E-state index contributed by atoms with van der Waals surface area (Å²) in [6, 6.07) is 0. The first-order valence-electron chi connectivity index (χ1n) is 24.9. The van der Waals surface area contributed by atoms with Crippen LogP contribution in [0, 0.1) is 0 Å². The fourth-order valence-electron chi connectivity index (χ4n) is 7.18. The van der Waals surface area contributed by atoms with Crippen molar-refractivity contribution >= 4 is 17.9 Å². The Balaban J connectivity index is 4.28. The van der Waals surface area contributed by atoms with Gasteiger partial charge in [-0.15, -0.1) is 0 Å². The molecule has 0 bridgehead atoms. The van der Waals surface area contributed by atoms with E-state index in [1.165, 1.54) is 154 Å². The minimum Gasteiger partial charge on any atom is -0.462 e. The highest BCUT2D eigenvalue weighted by Crippen LogP contribution is 2.16. The van der Waals surface area contributed by atoms with Crippen LogP contribution >= 0.6 is 0 Å². The van der Waals surface area contributed by atoms with Crippen molar-refractivity contribution in [2.45, 2.75) is 271 Å². The van der Waals surface area contributed by atoms with Gasteiger partial charge in [0.05, 0.1) is 0 Å². The summed E-state index contributed by atoms with van der Waals surface area (Å²) in [7, 11) is 0. The molecule has 0 aromatic heterocycles. The van der Waals surface area contributed by atoms with E-state index in [4.69, 9.17) is 14.2 Å². The zero-order chi connectivity index (χ0) is 41.5. The van der Waals surface area contributed by atoms with Gasteiger partial charge in [-0.1, -0.05) is 231 Å². The van der Waals surface area contributed by atoms with Crippen molar-refractivity contribution in [2.75, 3.05) is 13.2 Å². The van der Waals surface area contributed by atoms with Gasteiger partial charge in [0.1, 0.15) is 13.2 Å². The summed E-state index contributed by atoms with van der Waals surface area (Å²) in [5.41, 5.74) is 0. The first-order chi connectivity index (χ1) is 28.0. The number of allylic oxidation sites excluding steroid dienone is 4. The summed E-state index contributed by atoms with van der Waals surface area (Å²) in [5, 5.41) is 0. The molecule has 0 radical (unpaired) electrons. The van der Waals surface area contributed by atoms with Crippen molar-refractivity contribution in [1.82, 2.24) is 0 Å². The molecular weight excluding hydrogens is 709 g/mol. The molecule has 0 spiro atoms. The van der Waals surface area contributed by atoms with Crippen molar-refractivity contribution in [3.05, 3.63) is 24.3 Å². The molecule has 334 valence electrons. The van der Waals surface area contributed by atoms with E-state index in [2.05, 4.69) is 45.1 Å². The predicted octanol–water partition coefficient (Wildman–Crippen LogP) is 16.0. The topological polar surface area (TPSA) is 78.9 Å². The van der Waals surface area contributed by atoms with Crippen LogP contribution in [0.2, 0.25) is 0 Å². The van der Waals surface area contributed by atoms with Crippen molar-refractivity contribution in [3.63, 3.8) is 0 Å². The third kappa shape index (κ3) is 44.8. The number of carbonyl (C=O) groups excluding carboxylic acids is 3. The maximum Gasteiger partial charge on any atom is 0.306 e. The van der Waals surface area contributed by atoms with E-state index in [9.17, 15) is 14.4 Å². The Morgan fingerprint density at radius 3 is 0.982 bits per heavy atom. The third-order valence-electron chi connectivity index (χ3n) is 11.0. The molecule has 0 aromatic carbocycles. The van der Waals surface area contributed by atoms with Gasteiger partial charge in [-0.3, -0.25) is 14.4 Å². The molecule has 0 heterocycles. The molecule has 0 rings (SSSR count). The lowest BCUT2D eigenvalue weighted by Gasteiger charge is -2.18. The van der Waals surface area contributed by atoms with E-state index in [0.29, 0.717) is 19.3 Å². The molecule has 57 heavy (non-hydrogen) atoms. The van der Waals surface area contributed by atoms with Crippen molar-refractivity contribution in [1.29, 1.82) is 0 Å². The van der Waals surface area contributed by atoms with Crippen molar-refractivity contribution in [3.8, 4) is 0 Å². The number of carbonyl (C=O) groups is 3. The molecule has 0 aliphatic carbocycles. The molecule has 0 saturated heterocycles. The van der Waals surface area contributed by atoms with Crippen molar-refractivity contribution < 1.29 is 28.6 Å². The van der Waals surface area contributed by atoms with Gasteiger partial charge in [0.15, 0.2) is 6.10 Å². The second-order valence-electron chi connectivity index (χ2n) is 16.8. The highest BCUT2D eigenvalue weighted by atomic mass is 16.6. The van der Waals surface area contributed by atoms with Gasteiger partial charge >= 0.3 is 17.9 Å². The summed E-state index contributed by atoms with van der Waals surface area (Å²) in [4.78, 5) is 37.8. The number of hydrogen-bond acceptors (Lipinski definition) is 6. The summed E-state index contributed by atoms with van der Waals surface area (Å²) >= 11 is 0. The molecule has 0 fully saturated rings. The molecule has 0 saturated carbocycles. The number of unbranched alkanes of at least 4 members (excludes halogenated alkanes) is 31. The normalized spacial score (nSPS) is 12.1. The van der Waals surface area contributed by atoms with Crippen LogP contribution in [-0.2, 0) is 28.6 Å². The van der Waals surface area contributed by atoms with Gasteiger partial charge in [-0.25, -0.2) is 0 Å². The van der Waals surface area contributed by atoms with E-state index in [-0.39, 0.29) is 31.1 Å². The molecule has 0 N–H and O–H groups in total. The third-order valence-corrected chi connectivity index (χ3v) is 11.0. The Hall–Kier alpha value is -2.11. The number of ether oxygens (including phenoxy) is 3. The van der Waals surface area contributed by atoms with Gasteiger partial charge in [0.25, 0.3) is 0 Å². The van der Waals surface area contributed by atoms with Crippen molar-refractivity contribution in [2.24, 2.45) is 0 Å². The molecule has 1 atom stereocenters. The zero-order valence-corrected chi connectivity index (χ0v) is 38.1. The van der Waals surface area contributed by atoms with E-state index in [1.807, 2.05) is 0 Å². The number of esters is 3. The Bertz CT molecular complexity index is 927. The van der Waals surface area contributed by atoms with E-state index >= 15 is 0 Å². The van der Waals surface area contributed by atoms with Crippen LogP contribution in [0.3, 0.4) is 0 Å². The highest BCUT2D eigenvalue weighted by molar-refractivity contribution is 5.71. The molecule has 1 unspecified atom stereocenters. The monoisotopic (exact) mass is 803 g/mol. The summed E-state index contributed by atoms with van der Waals surface area (Å²) < 4.78 is 16.7.